The van der Waals surface area contributed by atoms with Crippen molar-refractivity contribution in [3.8, 4) is 11.5 Å². The second-order valence-corrected chi connectivity index (χ2v) is 6.48. The highest BCUT2D eigenvalue weighted by atomic mass is 16.5. The molecule has 2 aromatic rings. The highest BCUT2D eigenvalue weighted by Gasteiger charge is 2.33. The molecule has 7 heteroatoms. The van der Waals surface area contributed by atoms with Gasteiger partial charge in [-0.15, -0.1) is 0 Å². The minimum atomic E-state index is -0.366. The smallest absolute Gasteiger partial charge is 0.255 e. The minimum Gasteiger partial charge on any atom is -0.504 e. The van der Waals surface area contributed by atoms with Crippen LogP contribution >= 0.6 is 0 Å². The van der Waals surface area contributed by atoms with Gasteiger partial charge in [-0.1, -0.05) is 6.07 Å². The Hall–Kier alpha value is -2.57. The number of amides is 1. The average molecular weight is 316 g/mol. The molecule has 1 unspecified atom stereocenters. The van der Waals surface area contributed by atoms with Crippen molar-refractivity contribution in [1.29, 1.82) is 0 Å². The Balaban J connectivity index is 1.73. The molecular weight excluding hydrogens is 296 g/mol. The van der Waals surface area contributed by atoms with Gasteiger partial charge in [0.25, 0.3) is 5.91 Å². The lowest BCUT2D eigenvalue weighted by Crippen LogP contribution is -2.35. The van der Waals surface area contributed by atoms with E-state index in [-0.39, 0.29) is 28.9 Å². The number of aromatic nitrogens is 3. The number of phenolic OH excluding ortho intramolecular Hbond substituents is 1. The number of nitrogens with one attached hydrogen (secondary N) is 1. The van der Waals surface area contributed by atoms with Crippen LogP contribution in [0.2, 0.25) is 0 Å². The molecular formula is C16H20N4O3. The molecule has 0 radical (unpaired) electrons. The first-order valence-corrected chi connectivity index (χ1v) is 7.53. The van der Waals surface area contributed by atoms with Crippen LogP contribution < -0.4 is 10.1 Å². The van der Waals surface area contributed by atoms with E-state index >= 15 is 0 Å². The highest BCUT2D eigenvalue weighted by molar-refractivity contribution is 5.98. The van der Waals surface area contributed by atoms with Crippen molar-refractivity contribution in [2.75, 3.05) is 0 Å². The van der Waals surface area contributed by atoms with Crippen molar-refractivity contribution in [2.45, 2.75) is 45.4 Å². The molecule has 0 saturated heterocycles. The first kappa shape index (κ1) is 15.3. The third-order valence-electron chi connectivity index (χ3n) is 3.76. The molecule has 0 spiro atoms. The van der Waals surface area contributed by atoms with Crippen LogP contribution in [-0.2, 0) is 13.0 Å². The van der Waals surface area contributed by atoms with Crippen LogP contribution in [0.1, 0.15) is 36.7 Å². The summed E-state index contributed by atoms with van der Waals surface area (Å²) in [5.41, 5.74) is 0.765. The summed E-state index contributed by atoms with van der Waals surface area (Å²) in [6, 6.07) is 3.31. The number of nitrogens with zero attached hydrogens (tertiary/aromatic N) is 3. The quantitative estimate of drug-likeness (QED) is 0.892. The average Bonchev–Trinajstić information content (AvgIpc) is 3.05. The van der Waals surface area contributed by atoms with E-state index in [1.165, 1.54) is 6.33 Å². The summed E-state index contributed by atoms with van der Waals surface area (Å²) in [6.07, 6.45) is 3.74. The SMILES string of the molecule is CC(Cn1cncn1)NC(=O)c1ccc2c(c1O)OC(C)(C)C2. The maximum Gasteiger partial charge on any atom is 0.255 e. The first-order valence-electron chi connectivity index (χ1n) is 7.53. The summed E-state index contributed by atoms with van der Waals surface area (Å²) in [7, 11) is 0. The molecule has 1 atom stereocenters. The summed E-state index contributed by atoms with van der Waals surface area (Å²) in [5, 5.41) is 17.2. The van der Waals surface area contributed by atoms with Gasteiger partial charge in [-0.3, -0.25) is 9.48 Å². The van der Waals surface area contributed by atoms with Gasteiger partial charge in [0, 0.05) is 18.0 Å². The van der Waals surface area contributed by atoms with Crippen molar-refractivity contribution in [3.63, 3.8) is 0 Å². The molecule has 1 aliphatic heterocycles. The van der Waals surface area contributed by atoms with Gasteiger partial charge in [-0.05, 0) is 26.8 Å². The Kier molecular flexibility index (Phi) is 3.71. The normalized spacial score (nSPS) is 16.5. The van der Waals surface area contributed by atoms with Crippen molar-refractivity contribution >= 4 is 5.91 Å². The van der Waals surface area contributed by atoms with E-state index in [2.05, 4.69) is 15.4 Å². The third-order valence-corrected chi connectivity index (χ3v) is 3.76. The van der Waals surface area contributed by atoms with E-state index in [0.717, 1.165) is 5.56 Å². The molecule has 1 aliphatic rings. The molecule has 1 amide bonds. The number of ether oxygens (including phenoxy) is 1. The number of hydrogen-bond donors (Lipinski definition) is 2. The summed E-state index contributed by atoms with van der Waals surface area (Å²) < 4.78 is 7.39. The monoisotopic (exact) mass is 316 g/mol. The van der Waals surface area contributed by atoms with Crippen LogP contribution in [-0.4, -0.2) is 37.4 Å². The van der Waals surface area contributed by atoms with E-state index in [0.29, 0.717) is 18.7 Å². The maximum absolute atomic E-state index is 12.4. The number of phenols is 1. The summed E-state index contributed by atoms with van der Waals surface area (Å²) >= 11 is 0. The number of carbonyl (C=O) groups excluding carboxylic acids is 1. The van der Waals surface area contributed by atoms with Crippen LogP contribution in [0, 0.1) is 0 Å². The lowest BCUT2D eigenvalue weighted by atomic mass is 10.00. The standard InChI is InChI=1S/C16H20N4O3/c1-10(7-20-9-17-8-18-20)19-15(22)12-5-4-11-6-16(2,3)23-14(11)13(12)21/h4-5,8-10,21H,6-7H2,1-3H3,(H,19,22). The fourth-order valence-corrected chi connectivity index (χ4v) is 2.78. The number of fused-ring (bicyclic) bond motifs is 1. The molecule has 0 aliphatic carbocycles. The molecule has 122 valence electrons. The third kappa shape index (κ3) is 3.13. The zero-order valence-electron chi connectivity index (χ0n) is 13.4. The lowest BCUT2D eigenvalue weighted by Gasteiger charge is -2.18. The Morgan fingerprint density at radius 3 is 3.00 bits per heavy atom. The zero-order valence-corrected chi connectivity index (χ0v) is 13.4. The summed E-state index contributed by atoms with van der Waals surface area (Å²) in [5.74, 6) is -0.0312. The molecule has 3 rings (SSSR count). The predicted octanol–water partition coefficient (Wildman–Crippen LogP) is 1.52. The largest absolute Gasteiger partial charge is 0.504 e. The molecule has 2 N–H and O–H groups in total. The zero-order chi connectivity index (χ0) is 16.6. The van der Waals surface area contributed by atoms with Crippen LogP contribution in [0.5, 0.6) is 11.5 Å². The van der Waals surface area contributed by atoms with Gasteiger partial charge in [-0.25, -0.2) is 4.98 Å². The van der Waals surface area contributed by atoms with Gasteiger partial charge in [-0.2, -0.15) is 5.10 Å². The van der Waals surface area contributed by atoms with Gasteiger partial charge < -0.3 is 15.2 Å². The van der Waals surface area contributed by atoms with Gasteiger partial charge in [0.15, 0.2) is 11.5 Å². The molecule has 0 saturated carbocycles. The second-order valence-electron chi connectivity index (χ2n) is 6.48. The minimum absolute atomic E-state index is 0.0986. The Morgan fingerprint density at radius 1 is 1.52 bits per heavy atom. The predicted molar refractivity (Wildman–Crippen MR) is 83.5 cm³/mol. The van der Waals surface area contributed by atoms with Crippen molar-refractivity contribution < 1.29 is 14.6 Å². The van der Waals surface area contributed by atoms with Gasteiger partial charge >= 0.3 is 0 Å². The van der Waals surface area contributed by atoms with E-state index in [4.69, 9.17) is 4.74 Å². The molecule has 23 heavy (non-hydrogen) atoms. The van der Waals surface area contributed by atoms with Gasteiger partial charge in [0.05, 0.1) is 12.1 Å². The molecule has 0 fully saturated rings. The molecule has 0 bridgehead atoms. The number of hydrogen-bond acceptors (Lipinski definition) is 5. The van der Waals surface area contributed by atoms with Crippen LogP contribution in [0.4, 0.5) is 0 Å². The second kappa shape index (κ2) is 5.57. The van der Waals surface area contributed by atoms with Gasteiger partial charge in [0.2, 0.25) is 0 Å². The number of aromatic hydroxyl groups is 1. The molecule has 1 aromatic carbocycles. The number of benzene rings is 1. The number of rotatable bonds is 4. The van der Waals surface area contributed by atoms with Gasteiger partial charge in [0.1, 0.15) is 18.3 Å². The van der Waals surface area contributed by atoms with Crippen LogP contribution in [0.3, 0.4) is 0 Å². The Bertz CT molecular complexity index is 725. The van der Waals surface area contributed by atoms with Crippen molar-refractivity contribution in [2.24, 2.45) is 0 Å². The van der Waals surface area contributed by atoms with E-state index in [1.54, 1.807) is 17.1 Å². The number of carbonyl (C=O) groups is 1. The van der Waals surface area contributed by atoms with Crippen LogP contribution in [0.25, 0.3) is 0 Å². The lowest BCUT2D eigenvalue weighted by molar-refractivity contribution is 0.0930. The molecule has 1 aromatic heterocycles. The summed E-state index contributed by atoms with van der Waals surface area (Å²) in [6.45, 7) is 6.27. The first-order chi connectivity index (χ1) is 10.9. The fraction of sp³-hybridized carbons (Fsp3) is 0.438. The summed E-state index contributed by atoms with van der Waals surface area (Å²) in [4.78, 5) is 16.3. The van der Waals surface area contributed by atoms with E-state index < -0.39 is 0 Å². The molecule has 2 heterocycles. The van der Waals surface area contributed by atoms with E-state index in [1.807, 2.05) is 26.8 Å². The Morgan fingerprint density at radius 2 is 2.30 bits per heavy atom. The van der Waals surface area contributed by atoms with E-state index in [9.17, 15) is 9.90 Å². The van der Waals surface area contributed by atoms with Crippen LogP contribution in [0.15, 0.2) is 24.8 Å². The van der Waals surface area contributed by atoms with Crippen molar-refractivity contribution in [3.05, 3.63) is 35.9 Å². The van der Waals surface area contributed by atoms with Crippen molar-refractivity contribution in [1.82, 2.24) is 20.1 Å². The highest BCUT2D eigenvalue weighted by Crippen LogP contribution is 2.43. The maximum atomic E-state index is 12.4. The Labute approximate surface area is 134 Å². The molecule has 7 nitrogen and oxygen atoms in total. The topological polar surface area (TPSA) is 89.3 Å². The fourth-order valence-electron chi connectivity index (χ4n) is 2.78.